The Morgan fingerprint density at radius 3 is 2.56 bits per heavy atom. The SMILES string of the molecule is COc1ccc([C@@H](CNC(=O)CN2CCSC2=O)N2CCCC2)cc1. The third-order valence-electron chi connectivity index (χ3n) is 4.75. The maximum Gasteiger partial charge on any atom is 0.282 e. The summed E-state index contributed by atoms with van der Waals surface area (Å²) < 4.78 is 5.23. The second-order valence-electron chi connectivity index (χ2n) is 6.37. The summed E-state index contributed by atoms with van der Waals surface area (Å²) in [5.41, 5.74) is 1.18. The van der Waals surface area contributed by atoms with Crippen molar-refractivity contribution in [2.45, 2.75) is 18.9 Å². The zero-order valence-electron chi connectivity index (χ0n) is 14.6. The molecule has 1 aromatic carbocycles. The highest BCUT2D eigenvalue weighted by molar-refractivity contribution is 8.13. The molecule has 0 aromatic heterocycles. The Morgan fingerprint density at radius 2 is 1.96 bits per heavy atom. The number of likely N-dealkylation sites (tertiary alicyclic amines) is 1. The fourth-order valence-corrected chi connectivity index (χ4v) is 4.17. The molecule has 7 heteroatoms. The molecule has 3 rings (SSSR count). The number of carbonyl (C=O) groups is 2. The number of ether oxygens (including phenoxy) is 1. The highest BCUT2D eigenvalue weighted by Gasteiger charge is 2.26. The van der Waals surface area contributed by atoms with Crippen LogP contribution >= 0.6 is 11.8 Å². The van der Waals surface area contributed by atoms with Gasteiger partial charge in [-0.1, -0.05) is 23.9 Å². The number of thioether (sulfide) groups is 1. The minimum absolute atomic E-state index is 0.00129. The van der Waals surface area contributed by atoms with Crippen molar-refractivity contribution in [1.29, 1.82) is 0 Å². The fraction of sp³-hybridized carbons (Fsp3) is 0.556. The highest BCUT2D eigenvalue weighted by atomic mass is 32.2. The molecule has 1 atom stereocenters. The van der Waals surface area contributed by atoms with Crippen molar-refractivity contribution in [3.63, 3.8) is 0 Å². The van der Waals surface area contributed by atoms with E-state index in [2.05, 4.69) is 22.3 Å². The molecule has 2 fully saturated rings. The van der Waals surface area contributed by atoms with Gasteiger partial charge < -0.3 is 15.0 Å². The number of benzene rings is 1. The Balaban J connectivity index is 1.61. The van der Waals surface area contributed by atoms with Gasteiger partial charge in [0, 0.05) is 18.8 Å². The quantitative estimate of drug-likeness (QED) is 0.804. The van der Waals surface area contributed by atoms with Gasteiger partial charge >= 0.3 is 0 Å². The molecule has 0 aliphatic carbocycles. The summed E-state index contributed by atoms with van der Waals surface area (Å²) >= 11 is 1.28. The molecule has 1 N–H and O–H groups in total. The Bertz CT molecular complexity index is 602. The molecule has 0 spiro atoms. The van der Waals surface area contributed by atoms with Crippen LogP contribution in [0.1, 0.15) is 24.4 Å². The van der Waals surface area contributed by atoms with E-state index in [0.717, 1.165) is 24.6 Å². The van der Waals surface area contributed by atoms with Crippen LogP contribution in [0.3, 0.4) is 0 Å². The lowest BCUT2D eigenvalue weighted by atomic mass is 10.1. The van der Waals surface area contributed by atoms with Gasteiger partial charge in [0.25, 0.3) is 5.24 Å². The van der Waals surface area contributed by atoms with Crippen LogP contribution in [0.15, 0.2) is 24.3 Å². The summed E-state index contributed by atoms with van der Waals surface area (Å²) in [6, 6.07) is 8.20. The molecule has 136 valence electrons. The molecule has 0 radical (unpaired) electrons. The number of nitrogens with zero attached hydrogens (tertiary/aromatic N) is 2. The first-order valence-electron chi connectivity index (χ1n) is 8.74. The van der Waals surface area contributed by atoms with E-state index in [9.17, 15) is 9.59 Å². The molecule has 2 aliphatic heterocycles. The number of nitrogens with one attached hydrogen (secondary N) is 1. The van der Waals surface area contributed by atoms with Crippen LogP contribution in [-0.4, -0.2) is 66.5 Å². The van der Waals surface area contributed by atoms with E-state index in [1.165, 1.54) is 30.2 Å². The Morgan fingerprint density at radius 1 is 1.24 bits per heavy atom. The molecular formula is C18H25N3O3S. The number of rotatable bonds is 7. The normalized spacial score (nSPS) is 19.2. The van der Waals surface area contributed by atoms with E-state index >= 15 is 0 Å². The van der Waals surface area contributed by atoms with Crippen molar-refractivity contribution in [2.75, 3.05) is 45.6 Å². The van der Waals surface area contributed by atoms with Crippen molar-refractivity contribution in [2.24, 2.45) is 0 Å². The highest BCUT2D eigenvalue weighted by Crippen LogP contribution is 2.26. The van der Waals surface area contributed by atoms with E-state index in [4.69, 9.17) is 4.74 Å². The second kappa shape index (κ2) is 8.58. The van der Waals surface area contributed by atoms with Gasteiger partial charge in [-0.25, -0.2) is 0 Å². The summed E-state index contributed by atoms with van der Waals surface area (Å²) in [6.07, 6.45) is 2.39. The average Bonchev–Trinajstić information content (AvgIpc) is 3.28. The van der Waals surface area contributed by atoms with Crippen molar-refractivity contribution in [1.82, 2.24) is 15.1 Å². The molecule has 2 saturated heterocycles. The van der Waals surface area contributed by atoms with Crippen molar-refractivity contribution in [3.8, 4) is 5.75 Å². The number of amides is 2. The summed E-state index contributed by atoms with van der Waals surface area (Å²) in [5, 5.41) is 3.02. The first-order chi connectivity index (χ1) is 12.2. The van der Waals surface area contributed by atoms with E-state index < -0.39 is 0 Å². The third-order valence-corrected chi connectivity index (χ3v) is 5.65. The van der Waals surface area contributed by atoms with Gasteiger partial charge in [0.05, 0.1) is 13.2 Å². The van der Waals surface area contributed by atoms with Gasteiger partial charge in [-0.2, -0.15) is 0 Å². The van der Waals surface area contributed by atoms with Gasteiger partial charge in [-0.05, 0) is 43.6 Å². The molecule has 6 nitrogen and oxygen atoms in total. The largest absolute Gasteiger partial charge is 0.497 e. The minimum Gasteiger partial charge on any atom is -0.497 e. The second-order valence-corrected chi connectivity index (χ2v) is 7.42. The molecule has 2 aliphatic rings. The standard InChI is InChI=1S/C18H25N3O3S/c1-24-15-6-4-14(5-7-15)16(20-8-2-3-9-20)12-19-17(22)13-21-10-11-25-18(21)23/h4-7,16H,2-3,8-13H2,1H3,(H,19,22)/t16-/m1/s1. The fourth-order valence-electron chi connectivity index (χ4n) is 3.35. The monoisotopic (exact) mass is 363 g/mol. The van der Waals surface area contributed by atoms with E-state index in [-0.39, 0.29) is 23.7 Å². The van der Waals surface area contributed by atoms with Crippen LogP contribution < -0.4 is 10.1 Å². The Hall–Kier alpha value is -1.73. The van der Waals surface area contributed by atoms with Crippen LogP contribution in [0.2, 0.25) is 0 Å². The lowest BCUT2D eigenvalue weighted by Crippen LogP contribution is -2.41. The van der Waals surface area contributed by atoms with Crippen LogP contribution in [-0.2, 0) is 4.79 Å². The van der Waals surface area contributed by atoms with Crippen LogP contribution in [0, 0.1) is 0 Å². The van der Waals surface area contributed by atoms with Gasteiger partial charge in [-0.3, -0.25) is 14.5 Å². The zero-order chi connectivity index (χ0) is 17.6. The zero-order valence-corrected chi connectivity index (χ0v) is 15.4. The molecule has 1 aromatic rings. The van der Waals surface area contributed by atoms with E-state index in [1.807, 2.05) is 12.1 Å². The Labute approximate surface area is 152 Å². The number of hydrogen-bond donors (Lipinski definition) is 1. The first kappa shape index (κ1) is 18.1. The number of hydrogen-bond acceptors (Lipinski definition) is 5. The van der Waals surface area contributed by atoms with Crippen molar-refractivity contribution < 1.29 is 14.3 Å². The van der Waals surface area contributed by atoms with Crippen molar-refractivity contribution >= 4 is 22.9 Å². The molecule has 2 heterocycles. The molecule has 0 unspecified atom stereocenters. The molecule has 0 bridgehead atoms. The first-order valence-corrected chi connectivity index (χ1v) is 9.72. The molecule has 0 saturated carbocycles. The van der Waals surface area contributed by atoms with Gasteiger partial charge in [-0.15, -0.1) is 0 Å². The van der Waals surface area contributed by atoms with Crippen molar-refractivity contribution in [3.05, 3.63) is 29.8 Å². The summed E-state index contributed by atoms with van der Waals surface area (Å²) in [7, 11) is 1.66. The number of carbonyl (C=O) groups excluding carboxylic acids is 2. The minimum atomic E-state index is -0.0893. The summed E-state index contributed by atoms with van der Waals surface area (Å²) in [4.78, 5) is 27.9. The molecular weight excluding hydrogens is 338 g/mol. The maximum atomic E-state index is 12.2. The van der Waals surface area contributed by atoms with Gasteiger partial charge in [0.2, 0.25) is 5.91 Å². The van der Waals surface area contributed by atoms with Gasteiger partial charge in [0.1, 0.15) is 12.3 Å². The van der Waals surface area contributed by atoms with Gasteiger partial charge in [0.15, 0.2) is 0 Å². The number of methoxy groups -OCH3 is 1. The van der Waals surface area contributed by atoms with Crippen LogP contribution in [0.4, 0.5) is 4.79 Å². The molecule has 2 amide bonds. The maximum absolute atomic E-state index is 12.2. The third kappa shape index (κ3) is 4.67. The smallest absolute Gasteiger partial charge is 0.282 e. The topological polar surface area (TPSA) is 61.9 Å². The van der Waals surface area contributed by atoms with E-state index in [0.29, 0.717) is 13.1 Å². The lowest BCUT2D eigenvalue weighted by molar-refractivity contribution is -0.121. The average molecular weight is 363 g/mol. The van der Waals surface area contributed by atoms with E-state index in [1.54, 1.807) is 12.0 Å². The predicted octanol–water partition coefficient (Wildman–Crippen LogP) is 2.12. The lowest BCUT2D eigenvalue weighted by Gasteiger charge is -2.28. The molecule has 25 heavy (non-hydrogen) atoms. The predicted molar refractivity (Wildman–Crippen MR) is 99.0 cm³/mol. The van der Waals surface area contributed by atoms with Crippen LogP contribution in [0.5, 0.6) is 5.75 Å². The Kier molecular flexibility index (Phi) is 6.20. The van der Waals surface area contributed by atoms with Crippen LogP contribution in [0.25, 0.3) is 0 Å². The summed E-state index contributed by atoms with van der Waals surface area (Å²) in [6.45, 7) is 3.47. The summed E-state index contributed by atoms with van der Waals surface area (Å²) in [5.74, 6) is 1.51.